The smallest absolute Gasteiger partial charge is 0.252 e. The number of rotatable bonds is 4. The van der Waals surface area contributed by atoms with Crippen LogP contribution in [0.1, 0.15) is 49.4 Å². The van der Waals surface area contributed by atoms with E-state index in [1.54, 1.807) is 18.2 Å². The third kappa shape index (κ3) is 4.76. The summed E-state index contributed by atoms with van der Waals surface area (Å²) in [6.45, 7) is 2.11. The Morgan fingerprint density at radius 2 is 1.78 bits per heavy atom. The molecule has 1 aliphatic carbocycles. The average molecular weight is 380 g/mol. The van der Waals surface area contributed by atoms with Crippen molar-refractivity contribution >= 4 is 41.5 Å². The number of nitrogens with zero attached hydrogens (tertiary/aromatic N) is 1. The minimum absolute atomic E-state index is 0. The lowest BCUT2D eigenvalue weighted by Gasteiger charge is -2.45. The van der Waals surface area contributed by atoms with E-state index in [0.717, 1.165) is 12.8 Å². The summed E-state index contributed by atoms with van der Waals surface area (Å²) in [7, 11) is 4.04. The van der Waals surface area contributed by atoms with Gasteiger partial charge < -0.3 is 5.32 Å². The molecule has 1 unspecified atom stereocenters. The van der Waals surface area contributed by atoms with Crippen molar-refractivity contribution in [2.24, 2.45) is 5.92 Å². The predicted octanol–water partition coefficient (Wildman–Crippen LogP) is 5.00. The SMILES string of the molecule is CN(C)C(C)(NC(=O)c1ccc(Cl)c(Cl)c1)C1CCCCC1.Cl. The highest BCUT2D eigenvalue weighted by molar-refractivity contribution is 6.42. The van der Waals surface area contributed by atoms with Crippen molar-refractivity contribution in [3.8, 4) is 0 Å². The molecular weight excluding hydrogens is 355 g/mol. The molecule has 1 aliphatic rings. The van der Waals surface area contributed by atoms with Crippen LogP contribution in [-0.2, 0) is 0 Å². The molecule has 6 heteroatoms. The number of hydrogen-bond donors (Lipinski definition) is 1. The van der Waals surface area contributed by atoms with E-state index >= 15 is 0 Å². The molecule has 1 amide bonds. The Bertz CT molecular complexity index is 545. The number of hydrogen-bond acceptors (Lipinski definition) is 2. The van der Waals surface area contributed by atoms with Crippen molar-refractivity contribution in [2.45, 2.75) is 44.7 Å². The van der Waals surface area contributed by atoms with Crippen LogP contribution in [0.25, 0.3) is 0 Å². The number of halogens is 3. The Kier molecular flexibility index (Phi) is 7.66. The Balaban J connectivity index is 0.00000264. The maximum atomic E-state index is 12.6. The van der Waals surface area contributed by atoms with Crippen LogP contribution in [0.2, 0.25) is 10.0 Å². The number of carbonyl (C=O) groups excluding carboxylic acids is 1. The quantitative estimate of drug-likeness (QED) is 0.746. The maximum absolute atomic E-state index is 12.6. The highest BCUT2D eigenvalue weighted by Gasteiger charge is 2.38. The first-order valence-corrected chi connectivity index (χ1v) is 8.55. The molecule has 23 heavy (non-hydrogen) atoms. The van der Waals surface area contributed by atoms with Crippen LogP contribution in [0, 0.1) is 5.92 Å². The molecule has 1 aromatic rings. The second kappa shape index (κ2) is 8.57. The van der Waals surface area contributed by atoms with E-state index in [4.69, 9.17) is 23.2 Å². The maximum Gasteiger partial charge on any atom is 0.252 e. The molecule has 1 fully saturated rings. The van der Waals surface area contributed by atoms with Gasteiger partial charge in [-0.05, 0) is 58.0 Å². The van der Waals surface area contributed by atoms with Crippen LogP contribution in [-0.4, -0.2) is 30.6 Å². The van der Waals surface area contributed by atoms with Crippen LogP contribution in [0.15, 0.2) is 18.2 Å². The van der Waals surface area contributed by atoms with E-state index < -0.39 is 0 Å². The Labute approximate surface area is 155 Å². The molecule has 0 heterocycles. The lowest BCUT2D eigenvalue weighted by Crippen LogP contribution is -2.60. The molecule has 3 nitrogen and oxygen atoms in total. The van der Waals surface area contributed by atoms with E-state index in [0.29, 0.717) is 21.5 Å². The van der Waals surface area contributed by atoms with Crippen molar-refractivity contribution in [3.63, 3.8) is 0 Å². The molecule has 2 rings (SSSR count). The monoisotopic (exact) mass is 378 g/mol. The summed E-state index contributed by atoms with van der Waals surface area (Å²) in [5, 5.41) is 4.07. The zero-order valence-electron chi connectivity index (χ0n) is 13.9. The summed E-state index contributed by atoms with van der Waals surface area (Å²) < 4.78 is 0. The highest BCUT2D eigenvalue weighted by Crippen LogP contribution is 2.34. The largest absolute Gasteiger partial charge is 0.334 e. The van der Waals surface area contributed by atoms with E-state index in [-0.39, 0.29) is 24.0 Å². The molecule has 1 saturated carbocycles. The third-order valence-corrected chi connectivity index (χ3v) is 5.62. The first kappa shape index (κ1) is 20.6. The number of carbonyl (C=O) groups is 1. The fraction of sp³-hybridized carbons (Fsp3) is 0.588. The van der Waals surface area contributed by atoms with E-state index in [1.165, 1.54) is 19.3 Å². The average Bonchev–Trinajstić information content (AvgIpc) is 2.50. The van der Waals surface area contributed by atoms with Gasteiger partial charge in [-0.1, -0.05) is 42.5 Å². The minimum atomic E-state index is -0.358. The van der Waals surface area contributed by atoms with Crippen LogP contribution < -0.4 is 5.32 Å². The molecule has 130 valence electrons. The van der Waals surface area contributed by atoms with Crippen LogP contribution >= 0.6 is 35.6 Å². The van der Waals surface area contributed by atoms with Gasteiger partial charge in [0.1, 0.15) is 0 Å². The van der Waals surface area contributed by atoms with Crippen molar-refractivity contribution in [1.82, 2.24) is 10.2 Å². The van der Waals surface area contributed by atoms with Gasteiger partial charge in [-0.15, -0.1) is 12.4 Å². The number of amides is 1. The van der Waals surface area contributed by atoms with Crippen LogP contribution in [0.4, 0.5) is 0 Å². The van der Waals surface area contributed by atoms with Gasteiger partial charge in [0, 0.05) is 5.56 Å². The topological polar surface area (TPSA) is 32.3 Å². The molecule has 1 aromatic carbocycles. The molecule has 0 aliphatic heterocycles. The van der Waals surface area contributed by atoms with E-state index in [1.807, 2.05) is 14.1 Å². The molecule has 1 N–H and O–H groups in total. The van der Waals surface area contributed by atoms with Gasteiger partial charge in [-0.25, -0.2) is 0 Å². The molecule has 0 saturated heterocycles. The molecule has 0 bridgehead atoms. The second-order valence-corrected chi connectivity index (χ2v) is 7.27. The summed E-state index contributed by atoms with van der Waals surface area (Å²) >= 11 is 11.9. The summed E-state index contributed by atoms with van der Waals surface area (Å²) in [5.41, 5.74) is 0.183. The van der Waals surface area contributed by atoms with Gasteiger partial charge in [0.25, 0.3) is 5.91 Å². The van der Waals surface area contributed by atoms with Crippen molar-refractivity contribution in [1.29, 1.82) is 0 Å². The normalized spacial score (nSPS) is 18.2. The fourth-order valence-electron chi connectivity index (χ4n) is 3.18. The third-order valence-electron chi connectivity index (χ3n) is 4.88. The molecule has 0 aromatic heterocycles. The minimum Gasteiger partial charge on any atom is -0.334 e. The van der Waals surface area contributed by atoms with Gasteiger partial charge in [0.2, 0.25) is 0 Å². The number of nitrogens with one attached hydrogen (secondary N) is 1. The Morgan fingerprint density at radius 3 is 2.30 bits per heavy atom. The predicted molar refractivity (Wildman–Crippen MR) is 99.8 cm³/mol. The highest BCUT2D eigenvalue weighted by atomic mass is 35.5. The Morgan fingerprint density at radius 1 is 1.17 bits per heavy atom. The molecule has 0 radical (unpaired) electrons. The first-order valence-electron chi connectivity index (χ1n) is 7.79. The second-order valence-electron chi connectivity index (χ2n) is 6.46. The first-order chi connectivity index (χ1) is 10.3. The van der Waals surface area contributed by atoms with E-state index in [9.17, 15) is 4.79 Å². The van der Waals surface area contributed by atoms with Gasteiger partial charge in [-0.2, -0.15) is 0 Å². The van der Waals surface area contributed by atoms with Gasteiger partial charge in [0.05, 0.1) is 15.7 Å². The molecule has 1 atom stereocenters. The van der Waals surface area contributed by atoms with Crippen LogP contribution in [0.5, 0.6) is 0 Å². The standard InChI is InChI=1S/C17H24Cl2N2O.ClH/c1-17(21(2)3,13-7-5-4-6-8-13)20-16(22)12-9-10-14(18)15(19)11-12;/h9-11,13H,4-8H2,1-3H3,(H,20,22);1H. The Hall–Kier alpha value is -0.480. The lowest BCUT2D eigenvalue weighted by molar-refractivity contribution is 0.0336. The van der Waals surface area contributed by atoms with Crippen molar-refractivity contribution < 1.29 is 4.79 Å². The van der Waals surface area contributed by atoms with Crippen LogP contribution in [0.3, 0.4) is 0 Å². The molecular formula is C17H25Cl3N2O. The van der Waals surface area contributed by atoms with Gasteiger partial charge in [0.15, 0.2) is 0 Å². The van der Waals surface area contributed by atoms with Gasteiger partial charge >= 0.3 is 0 Å². The molecule has 0 spiro atoms. The van der Waals surface area contributed by atoms with Gasteiger partial charge in [-0.3, -0.25) is 9.69 Å². The summed E-state index contributed by atoms with van der Waals surface area (Å²) in [6, 6.07) is 4.99. The summed E-state index contributed by atoms with van der Waals surface area (Å²) in [5.74, 6) is 0.350. The summed E-state index contributed by atoms with van der Waals surface area (Å²) in [6.07, 6.45) is 6.06. The van der Waals surface area contributed by atoms with E-state index in [2.05, 4.69) is 17.1 Å². The number of benzene rings is 1. The lowest BCUT2D eigenvalue weighted by atomic mass is 9.79. The van der Waals surface area contributed by atoms with Crippen molar-refractivity contribution in [3.05, 3.63) is 33.8 Å². The summed E-state index contributed by atoms with van der Waals surface area (Å²) in [4.78, 5) is 14.7. The zero-order chi connectivity index (χ0) is 16.3. The van der Waals surface area contributed by atoms with Crippen molar-refractivity contribution in [2.75, 3.05) is 14.1 Å². The fourth-order valence-corrected chi connectivity index (χ4v) is 3.48. The zero-order valence-corrected chi connectivity index (χ0v) is 16.2.